The Kier molecular flexibility index (Phi) is 11.2. The lowest BCUT2D eigenvalue weighted by molar-refractivity contribution is -0.125. The maximum Gasteiger partial charge on any atom is 0.472 e. The second kappa shape index (κ2) is 13.5. The molecule has 4 N–H and O–H groups in total. The molecule has 39 heavy (non-hydrogen) atoms. The van der Waals surface area contributed by atoms with Gasteiger partial charge in [0, 0.05) is 6.42 Å². The molecule has 2 aliphatic carbocycles. The lowest BCUT2D eigenvalue weighted by Gasteiger charge is -2.36. The molecular formula is C29H39O9P. The summed E-state index contributed by atoms with van der Waals surface area (Å²) in [6.07, 6.45) is 12.5. The third-order valence-electron chi connectivity index (χ3n) is 6.66. The first-order chi connectivity index (χ1) is 18.1. The number of hydrogen-bond acceptors (Lipinski definition) is 8. The summed E-state index contributed by atoms with van der Waals surface area (Å²) in [4.78, 5) is 35.1. The number of aliphatic hydroxyl groups is 3. The molecule has 0 amide bonds. The van der Waals surface area contributed by atoms with E-state index < -0.39 is 61.1 Å². The van der Waals surface area contributed by atoms with E-state index in [-0.39, 0.29) is 12.8 Å². The maximum atomic E-state index is 13.0. The number of Topliss-reactive ketones (excluding diaryl/α,β-unsaturated/α-hetero) is 2. The van der Waals surface area contributed by atoms with Gasteiger partial charge in [0.2, 0.25) is 5.78 Å². The summed E-state index contributed by atoms with van der Waals surface area (Å²) in [5.41, 5.74) is 2.68. The van der Waals surface area contributed by atoms with Crippen molar-refractivity contribution in [3.05, 3.63) is 82.4 Å². The minimum absolute atomic E-state index is 0.115. The van der Waals surface area contributed by atoms with Gasteiger partial charge in [0.05, 0.1) is 18.6 Å². The molecule has 0 radical (unpaired) electrons. The second-order valence-corrected chi connectivity index (χ2v) is 11.8. The first kappa shape index (κ1) is 32.4. The summed E-state index contributed by atoms with van der Waals surface area (Å²) < 4.78 is 22.6. The number of ketones is 2. The van der Waals surface area contributed by atoms with Crippen LogP contribution in [0.3, 0.4) is 0 Å². The molecule has 10 heteroatoms. The number of phosphoric ester groups is 1. The van der Waals surface area contributed by atoms with Crippen molar-refractivity contribution in [3.8, 4) is 0 Å². The molecule has 0 spiro atoms. The van der Waals surface area contributed by atoms with Crippen molar-refractivity contribution in [2.24, 2.45) is 11.3 Å². The summed E-state index contributed by atoms with van der Waals surface area (Å²) >= 11 is 0. The molecular weight excluding hydrogens is 523 g/mol. The average molecular weight is 563 g/mol. The molecule has 2 rings (SSSR count). The van der Waals surface area contributed by atoms with Gasteiger partial charge in [0.15, 0.2) is 11.5 Å². The molecule has 4 atom stereocenters. The second-order valence-electron chi connectivity index (χ2n) is 10.4. The summed E-state index contributed by atoms with van der Waals surface area (Å²) in [5, 5.41) is 29.1. The van der Waals surface area contributed by atoms with Gasteiger partial charge in [0.1, 0.15) is 11.9 Å². The average Bonchev–Trinajstić information content (AvgIpc) is 3.11. The van der Waals surface area contributed by atoms with E-state index >= 15 is 0 Å². The molecule has 9 nitrogen and oxygen atoms in total. The fourth-order valence-corrected chi connectivity index (χ4v) is 5.31. The Balaban J connectivity index is 2.08. The molecule has 0 fully saturated rings. The van der Waals surface area contributed by atoms with Crippen molar-refractivity contribution in [1.29, 1.82) is 0 Å². The van der Waals surface area contributed by atoms with Gasteiger partial charge < -0.3 is 20.2 Å². The highest BCUT2D eigenvalue weighted by atomic mass is 31.2. The predicted octanol–water partition coefficient (Wildman–Crippen LogP) is 5.66. The van der Waals surface area contributed by atoms with Crippen molar-refractivity contribution in [3.63, 3.8) is 0 Å². The minimum atomic E-state index is -4.80. The monoisotopic (exact) mass is 562 g/mol. The Morgan fingerprint density at radius 1 is 1.10 bits per heavy atom. The third kappa shape index (κ3) is 8.85. The van der Waals surface area contributed by atoms with Crippen LogP contribution >= 0.6 is 7.82 Å². The van der Waals surface area contributed by atoms with Gasteiger partial charge in [-0.1, -0.05) is 73.6 Å². The molecule has 0 saturated carbocycles. The van der Waals surface area contributed by atoms with E-state index in [1.165, 1.54) is 0 Å². The quantitative estimate of drug-likeness (QED) is 0.185. The summed E-state index contributed by atoms with van der Waals surface area (Å²) in [6, 6.07) is 0. The molecule has 2 aliphatic rings. The minimum Gasteiger partial charge on any atom is -0.508 e. The fraction of sp³-hybridized carbons (Fsp3) is 0.448. The van der Waals surface area contributed by atoms with E-state index in [4.69, 9.17) is 9.05 Å². The topological polar surface area (TPSA) is 151 Å². The van der Waals surface area contributed by atoms with E-state index in [9.17, 15) is 34.4 Å². The summed E-state index contributed by atoms with van der Waals surface area (Å²) in [5.74, 6) is -3.97. The molecule has 0 aromatic heterocycles. The highest BCUT2D eigenvalue weighted by Crippen LogP contribution is 2.50. The van der Waals surface area contributed by atoms with Crippen molar-refractivity contribution >= 4 is 19.4 Å². The smallest absolute Gasteiger partial charge is 0.472 e. The first-order valence-electron chi connectivity index (χ1n) is 12.7. The molecule has 0 heterocycles. The van der Waals surface area contributed by atoms with Crippen molar-refractivity contribution in [1.82, 2.24) is 0 Å². The van der Waals surface area contributed by atoms with E-state index in [2.05, 4.69) is 0 Å². The normalized spacial score (nSPS) is 25.5. The molecule has 0 aromatic rings. The van der Waals surface area contributed by atoms with Crippen LogP contribution in [0.15, 0.2) is 82.4 Å². The molecule has 2 unspecified atom stereocenters. The Morgan fingerprint density at radius 2 is 1.72 bits per heavy atom. The van der Waals surface area contributed by atoms with Crippen molar-refractivity contribution in [2.75, 3.05) is 6.61 Å². The van der Waals surface area contributed by atoms with Gasteiger partial charge in [-0.3, -0.25) is 18.6 Å². The number of aliphatic hydroxyl groups excluding tert-OH is 3. The van der Waals surface area contributed by atoms with Gasteiger partial charge in [-0.2, -0.15) is 0 Å². The SMILES string of the molecule is C/C=C/C=C(C)/C=C/C=C(C)/C=C/C1=C(C)C(=O)C(OP(=O)(O)OC[C@H](O)[C@H]2CC(O)=C(O)C2=O)CC1(C)C. The number of rotatable bonds is 11. The van der Waals surface area contributed by atoms with Crippen LogP contribution in [-0.4, -0.2) is 50.6 Å². The van der Waals surface area contributed by atoms with Gasteiger partial charge in [-0.05, 0) is 50.7 Å². The van der Waals surface area contributed by atoms with Crippen LogP contribution in [-0.2, 0) is 23.2 Å². The van der Waals surface area contributed by atoms with Gasteiger partial charge in [-0.25, -0.2) is 4.57 Å². The van der Waals surface area contributed by atoms with Crippen LogP contribution in [0, 0.1) is 11.3 Å². The Labute approximate surface area is 229 Å². The van der Waals surface area contributed by atoms with Crippen LogP contribution in [0.5, 0.6) is 0 Å². The highest BCUT2D eigenvalue weighted by Gasteiger charge is 2.43. The first-order valence-corrected chi connectivity index (χ1v) is 14.2. The maximum absolute atomic E-state index is 13.0. The van der Waals surface area contributed by atoms with Crippen molar-refractivity contribution in [2.45, 2.75) is 66.6 Å². The number of hydrogen-bond donors (Lipinski definition) is 4. The lowest BCUT2D eigenvalue weighted by atomic mass is 9.71. The summed E-state index contributed by atoms with van der Waals surface area (Å²) in [7, 11) is -4.80. The largest absolute Gasteiger partial charge is 0.508 e. The van der Waals surface area contributed by atoms with Crippen LogP contribution in [0.4, 0.5) is 0 Å². The number of allylic oxidation sites excluding steroid dienone is 13. The van der Waals surface area contributed by atoms with Crippen LogP contribution in [0.25, 0.3) is 0 Å². The predicted molar refractivity (Wildman–Crippen MR) is 149 cm³/mol. The highest BCUT2D eigenvalue weighted by molar-refractivity contribution is 7.47. The number of phosphoric acid groups is 1. The Bertz CT molecular complexity index is 1230. The third-order valence-corrected chi connectivity index (χ3v) is 7.66. The zero-order chi connectivity index (χ0) is 29.5. The Hall–Kier alpha value is -2.81. The zero-order valence-corrected chi connectivity index (χ0v) is 24.1. The van der Waals surface area contributed by atoms with Gasteiger partial charge >= 0.3 is 7.82 Å². The molecule has 0 aliphatic heterocycles. The standard InChI is InChI=1S/C29H39O9P/c1-7-8-10-18(2)11-9-12-19(3)13-14-22-20(4)26(32)25(16-29(22,5)6)38-39(35,36)37-17-24(31)21-15-23(30)28(34)27(21)33/h7-14,21,24-25,30-31,34H,15-17H2,1-6H3,(H,35,36)/b8-7+,11-9+,14-13+,18-10+,19-12+/t21-,24+,25?/m1/s1. The number of carbonyl (C=O) groups excluding carboxylic acids is 2. The molecule has 0 bridgehead atoms. The zero-order valence-electron chi connectivity index (χ0n) is 23.2. The summed E-state index contributed by atoms with van der Waals surface area (Å²) in [6.45, 7) is 10.6. The number of carbonyl (C=O) groups is 2. The van der Waals surface area contributed by atoms with Crippen LogP contribution in [0.1, 0.15) is 54.4 Å². The molecule has 214 valence electrons. The molecule has 0 saturated heterocycles. The van der Waals surface area contributed by atoms with Crippen LogP contribution < -0.4 is 0 Å². The van der Waals surface area contributed by atoms with E-state index in [1.54, 1.807) is 6.92 Å². The lowest BCUT2D eigenvalue weighted by Crippen LogP contribution is -2.37. The Morgan fingerprint density at radius 3 is 2.31 bits per heavy atom. The fourth-order valence-electron chi connectivity index (χ4n) is 4.41. The van der Waals surface area contributed by atoms with E-state index in [0.29, 0.717) is 5.57 Å². The van der Waals surface area contributed by atoms with Gasteiger partial charge in [0.25, 0.3) is 0 Å². The van der Waals surface area contributed by atoms with E-state index in [0.717, 1.165) is 16.7 Å². The van der Waals surface area contributed by atoms with Gasteiger partial charge in [-0.15, -0.1) is 0 Å². The molecule has 0 aromatic carbocycles. The van der Waals surface area contributed by atoms with Crippen molar-refractivity contribution < 1.29 is 43.4 Å². The van der Waals surface area contributed by atoms with E-state index in [1.807, 2.05) is 83.2 Å². The van der Waals surface area contributed by atoms with Crippen LogP contribution in [0.2, 0.25) is 0 Å².